The van der Waals surface area contributed by atoms with Gasteiger partial charge >= 0.3 is 0 Å². The maximum Gasteiger partial charge on any atom is 0.221 e. The lowest BCUT2D eigenvalue weighted by atomic mass is 10.1. The van der Waals surface area contributed by atoms with Crippen molar-refractivity contribution in [2.75, 3.05) is 19.6 Å². The highest BCUT2D eigenvalue weighted by Gasteiger charge is 2.22. The van der Waals surface area contributed by atoms with Crippen molar-refractivity contribution in [3.05, 3.63) is 33.8 Å². The van der Waals surface area contributed by atoms with Gasteiger partial charge in [0.15, 0.2) is 0 Å². The van der Waals surface area contributed by atoms with E-state index in [2.05, 4.69) is 20.7 Å². The van der Waals surface area contributed by atoms with Gasteiger partial charge in [-0.25, -0.2) is 0 Å². The van der Waals surface area contributed by atoms with Gasteiger partial charge < -0.3 is 10.2 Å². The van der Waals surface area contributed by atoms with E-state index in [1.165, 1.54) is 32.4 Å². The predicted molar refractivity (Wildman–Crippen MR) is 102 cm³/mol. The van der Waals surface area contributed by atoms with Crippen LogP contribution in [0.5, 0.6) is 0 Å². The van der Waals surface area contributed by atoms with Gasteiger partial charge in [-0.1, -0.05) is 35.7 Å². The van der Waals surface area contributed by atoms with Gasteiger partial charge in [0.2, 0.25) is 5.91 Å². The second-order valence-corrected chi connectivity index (χ2v) is 7.49. The molecule has 5 nitrogen and oxygen atoms in total. The minimum atomic E-state index is -0.177. The van der Waals surface area contributed by atoms with Crippen molar-refractivity contribution in [1.82, 2.24) is 15.6 Å². The lowest BCUT2D eigenvalue weighted by molar-refractivity contribution is -0.122. The zero-order chi connectivity index (χ0) is 17.6. The number of hydrazone groups is 1. The molecule has 0 saturated carbocycles. The molecule has 1 amide bonds. The molecule has 0 radical (unpaired) electrons. The van der Waals surface area contributed by atoms with Gasteiger partial charge in [0, 0.05) is 23.4 Å². The van der Waals surface area contributed by atoms with Crippen LogP contribution >= 0.6 is 23.2 Å². The first-order chi connectivity index (χ1) is 12.1. The molecule has 0 aliphatic carbocycles. The Kier molecular flexibility index (Phi) is 6.57. The molecule has 1 aromatic rings. The molecule has 2 heterocycles. The van der Waals surface area contributed by atoms with E-state index in [0.29, 0.717) is 22.9 Å². The van der Waals surface area contributed by atoms with Crippen LogP contribution in [0.3, 0.4) is 0 Å². The summed E-state index contributed by atoms with van der Waals surface area (Å²) in [4.78, 5) is 14.6. The van der Waals surface area contributed by atoms with Crippen LogP contribution in [0.15, 0.2) is 23.3 Å². The number of benzene rings is 1. The van der Waals surface area contributed by atoms with Crippen LogP contribution in [0.1, 0.15) is 44.1 Å². The number of nitrogens with one attached hydrogen (secondary N) is 2. The summed E-state index contributed by atoms with van der Waals surface area (Å²) in [7, 11) is 0. The molecule has 2 aliphatic rings. The van der Waals surface area contributed by atoms with Crippen LogP contribution in [-0.2, 0) is 4.79 Å². The first-order valence-corrected chi connectivity index (χ1v) is 9.66. The minimum absolute atomic E-state index is 0.0631. The molecular formula is C18H24Cl2N4O. The minimum Gasteiger partial charge on any atom is -0.334 e. The van der Waals surface area contributed by atoms with Crippen molar-refractivity contribution >= 4 is 34.8 Å². The maximum atomic E-state index is 12.1. The Balaban J connectivity index is 1.40. The van der Waals surface area contributed by atoms with E-state index in [1.54, 1.807) is 12.1 Å². The average molecular weight is 383 g/mol. The van der Waals surface area contributed by atoms with Crippen LogP contribution in [0.4, 0.5) is 0 Å². The number of halogens is 2. The number of likely N-dealkylation sites (tertiary alicyclic amines) is 1. The van der Waals surface area contributed by atoms with Gasteiger partial charge in [0.05, 0.1) is 10.7 Å². The second-order valence-electron chi connectivity index (χ2n) is 6.64. The van der Waals surface area contributed by atoms with E-state index in [-0.39, 0.29) is 12.1 Å². The smallest absolute Gasteiger partial charge is 0.221 e. The number of nitrogens with zero attached hydrogens (tertiary/aromatic N) is 2. The number of carbonyl (C=O) groups excluding carboxylic acids is 1. The summed E-state index contributed by atoms with van der Waals surface area (Å²) in [6, 6.07) is 5.35. The van der Waals surface area contributed by atoms with Gasteiger partial charge in [-0.3, -0.25) is 10.2 Å². The molecule has 1 fully saturated rings. The van der Waals surface area contributed by atoms with Crippen molar-refractivity contribution in [3.63, 3.8) is 0 Å². The monoisotopic (exact) mass is 382 g/mol. The van der Waals surface area contributed by atoms with Crippen LogP contribution in [0.2, 0.25) is 10.0 Å². The van der Waals surface area contributed by atoms with E-state index >= 15 is 0 Å². The lowest BCUT2D eigenvalue weighted by Gasteiger charge is -2.26. The topological polar surface area (TPSA) is 56.7 Å². The Morgan fingerprint density at radius 3 is 2.84 bits per heavy atom. The zero-order valence-corrected chi connectivity index (χ0v) is 15.7. The van der Waals surface area contributed by atoms with Crippen molar-refractivity contribution in [3.8, 4) is 0 Å². The second kappa shape index (κ2) is 8.88. The number of hydrogen-bond acceptors (Lipinski definition) is 4. The first-order valence-electron chi connectivity index (χ1n) is 8.91. The van der Waals surface area contributed by atoms with Crippen LogP contribution in [0, 0.1) is 0 Å². The summed E-state index contributed by atoms with van der Waals surface area (Å²) in [5.41, 5.74) is 4.65. The normalized spacial score (nSPS) is 20.9. The predicted octanol–water partition coefficient (Wildman–Crippen LogP) is 3.40. The molecule has 0 bridgehead atoms. The highest BCUT2D eigenvalue weighted by Crippen LogP contribution is 2.24. The third-order valence-corrected chi connectivity index (χ3v) is 5.20. The average Bonchev–Trinajstić information content (AvgIpc) is 3.04. The Labute approximate surface area is 158 Å². The fraction of sp³-hybridized carbons (Fsp3) is 0.556. The molecule has 1 unspecified atom stereocenters. The molecular weight excluding hydrogens is 359 g/mol. The number of carbonyl (C=O) groups is 1. The quantitative estimate of drug-likeness (QED) is 0.792. The Bertz CT molecular complexity index is 644. The summed E-state index contributed by atoms with van der Waals surface area (Å²) in [5, 5.41) is 8.46. The van der Waals surface area contributed by atoms with Crippen LogP contribution in [0.25, 0.3) is 0 Å². The highest BCUT2D eigenvalue weighted by atomic mass is 35.5. The largest absolute Gasteiger partial charge is 0.334 e. The fourth-order valence-corrected chi connectivity index (χ4v) is 3.85. The number of hydrogen-bond donors (Lipinski definition) is 2. The molecule has 136 valence electrons. The van der Waals surface area contributed by atoms with Crippen molar-refractivity contribution in [1.29, 1.82) is 0 Å². The summed E-state index contributed by atoms with van der Waals surface area (Å²) in [6.45, 7) is 3.35. The van der Waals surface area contributed by atoms with E-state index in [0.717, 1.165) is 24.2 Å². The molecule has 2 N–H and O–H groups in total. The van der Waals surface area contributed by atoms with Gasteiger partial charge in [-0.2, -0.15) is 5.10 Å². The standard InChI is InChI=1S/C18H24Cl2N4O/c19-13-6-7-14(15(20)11-13)16-12-17(23-22-16)21-18(25)5-4-10-24-8-2-1-3-9-24/h6-7,11,17,23H,1-5,8-10,12H2,(H,21,25). The van der Waals surface area contributed by atoms with E-state index in [1.807, 2.05) is 6.07 Å². The summed E-state index contributed by atoms with van der Waals surface area (Å²) in [6.07, 6.45) is 5.78. The molecule has 7 heteroatoms. The fourth-order valence-electron chi connectivity index (χ4n) is 3.33. The lowest BCUT2D eigenvalue weighted by Crippen LogP contribution is -2.41. The summed E-state index contributed by atoms with van der Waals surface area (Å²) in [5.74, 6) is 0.0631. The van der Waals surface area contributed by atoms with E-state index < -0.39 is 0 Å². The Morgan fingerprint density at radius 1 is 1.28 bits per heavy atom. The third-order valence-electron chi connectivity index (χ3n) is 4.66. The van der Waals surface area contributed by atoms with Gasteiger partial charge in [-0.15, -0.1) is 0 Å². The molecule has 25 heavy (non-hydrogen) atoms. The van der Waals surface area contributed by atoms with Crippen LogP contribution < -0.4 is 10.7 Å². The third kappa shape index (κ3) is 5.33. The van der Waals surface area contributed by atoms with Crippen molar-refractivity contribution in [2.45, 2.75) is 44.7 Å². The summed E-state index contributed by atoms with van der Waals surface area (Å²) >= 11 is 12.1. The van der Waals surface area contributed by atoms with E-state index in [9.17, 15) is 4.79 Å². The SMILES string of the molecule is O=C(CCCN1CCCCC1)NC1CC(c2ccc(Cl)cc2Cl)=NN1. The zero-order valence-electron chi connectivity index (χ0n) is 14.2. The van der Waals surface area contributed by atoms with Crippen molar-refractivity contribution < 1.29 is 4.79 Å². The van der Waals surface area contributed by atoms with E-state index in [4.69, 9.17) is 23.2 Å². The molecule has 1 atom stereocenters. The molecule has 2 aliphatic heterocycles. The van der Waals surface area contributed by atoms with Crippen LogP contribution in [-0.4, -0.2) is 42.3 Å². The number of amides is 1. The molecule has 1 saturated heterocycles. The van der Waals surface area contributed by atoms with Gasteiger partial charge in [0.25, 0.3) is 0 Å². The van der Waals surface area contributed by atoms with Gasteiger partial charge in [-0.05, 0) is 51.0 Å². The maximum absolute atomic E-state index is 12.1. The molecule has 3 rings (SSSR count). The summed E-state index contributed by atoms with van der Waals surface area (Å²) < 4.78 is 0. The number of rotatable bonds is 6. The Morgan fingerprint density at radius 2 is 2.08 bits per heavy atom. The Hall–Kier alpha value is -1.30. The molecule has 0 aromatic heterocycles. The van der Waals surface area contributed by atoms with Gasteiger partial charge in [0.1, 0.15) is 6.17 Å². The molecule has 1 aromatic carbocycles. The highest BCUT2D eigenvalue weighted by molar-refractivity contribution is 6.37. The number of piperidine rings is 1. The van der Waals surface area contributed by atoms with Crippen molar-refractivity contribution in [2.24, 2.45) is 5.10 Å². The first kappa shape index (κ1) is 18.5. The molecule has 0 spiro atoms.